The first-order chi connectivity index (χ1) is 8.77. The third-order valence-corrected chi connectivity index (χ3v) is 2.73. The summed E-state index contributed by atoms with van der Waals surface area (Å²) in [6.07, 6.45) is 3.59. The van der Waals surface area contributed by atoms with Crippen molar-refractivity contribution in [3.05, 3.63) is 47.8 Å². The van der Waals surface area contributed by atoms with Crippen molar-refractivity contribution >= 4 is 11.6 Å². The van der Waals surface area contributed by atoms with Crippen LogP contribution in [0.5, 0.6) is 0 Å². The quantitative estimate of drug-likeness (QED) is 0.791. The van der Waals surface area contributed by atoms with Gasteiger partial charge in [-0.25, -0.2) is 9.97 Å². The molecule has 2 N–H and O–H groups in total. The first kappa shape index (κ1) is 12.4. The number of nitrogens with one attached hydrogen (secondary N) is 2. The Morgan fingerprint density at radius 1 is 0.833 bits per heavy atom. The van der Waals surface area contributed by atoms with E-state index in [1.54, 1.807) is 12.4 Å². The second-order valence-electron chi connectivity index (χ2n) is 4.19. The molecule has 2 aromatic rings. The number of hydrogen-bond donors (Lipinski definition) is 2. The van der Waals surface area contributed by atoms with Crippen LogP contribution in [0.15, 0.2) is 36.7 Å². The summed E-state index contributed by atoms with van der Waals surface area (Å²) in [5.74, 6) is 1.88. The molecule has 2 heterocycles. The van der Waals surface area contributed by atoms with E-state index in [2.05, 4.69) is 20.6 Å². The van der Waals surface area contributed by atoms with E-state index >= 15 is 0 Å². The van der Waals surface area contributed by atoms with E-state index < -0.39 is 0 Å². The number of aryl methyl sites for hydroxylation is 2. The van der Waals surface area contributed by atoms with E-state index in [0.29, 0.717) is 0 Å². The molecule has 0 amide bonds. The molecule has 0 aliphatic rings. The fourth-order valence-electron chi connectivity index (χ4n) is 1.70. The third kappa shape index (κ3) is 3.20. The predicted molar refractivity (Wildman–Crippen MR) is 74.9 cm³/mol. The molecule has 0 bridgehead atoms. The van der Waals surface area contributed by atoms with Crippen molar-refractivity contribution in [1.82, 2.24) is 9.97 Å². The van der Waals surface area contributed by atoms with Gasteiger partial charge in [0.15, 0.2) is 0 Å². The molecule has 2 rings (SSSR count). The van der Waals surface area contributed by atoms with E-state index in [0.717, 1.165) is 35.9 Å². The topological polar surface area (TPSA) is 49.8 Å². The van der Waals surface area contributed by atoms with Crippen LogP contribution in [-0.4, -0.2) is 23.1 Å². The normalized spacial score (nSPS) is 10.1. The minimum absolute atomic E-state index is 0.813. The largest absolute Gasteiger partial charge is 0.368 e. The first-order valence-electron chi connectivity index (χ1n) is 6.08. The Bertz CT molecular complexity index is 463. The number of hydrogen-bond acceptors (Lipinski definition) is 4. The first-order valence-corrected chi connectivity index (χ1v) is 6.08. The molecule has 0 saturated heterocycles. The van der Waals surface area contributed by atoms with Crippen LogP contribution in [0.25, 0.3) is 0 Å². The molecular formula is C14H18N4. The molecule has 4 nitrogen and oxygen atoms in total. The highest BCUT2D eigenvalue weighted by molar-refractivity contribution is 5.44. The molecule has 94 valence electrons. The monoisotopic (exact) mass is 242 g/mol. The van der Waals surface area contributed by atoms with E-state index in [4.69, 9.17) is 0 Å². The Labute approximate surface area is 107 Å². The Hall–Kier alpha value is -2.10. The average molecular weight is 242 g/mol. The van der Waals surface area contributed by atoms with Crippen molar-refractivity contribution in [2.24, 2.45) is 0 Å². The maximum atomic E-state index is 4.29. The lowest BCUT2D eigenvalue weighted by molar-refractivity contribution is 1.03. The Kier molecular flexibility index (Phi) is 4.12. The van der Waals surface area contributed by atoms with Crippen LogP contribution in [0.4, 0.5) is 11.6 Å². The highest BCUT2D eigenvalue weighted by Gasteiger charge is 1.98. The number of aromatic nitrogens is 2. The van der Waals surface area contributed by atoms with Crippen molar-refractivity contribution < 1.29 is 0 Å². The van der Waals surface area contributed by atoms with E-state index in [-0.39, 0.29) is 0 Å². The summed E-state index contributed by atoms with van der Waals surface area (Å²) in [5.41, 5.74) is 2.32. The van der Waals surface area contributed by atoms with Crippen molar-refractivity contribution in [1.29, 1.82) is 0 Å². The fourth-order valence-corrected chi connectivity index (χ4v) is 1.70. The highest BCUT2D eigenvalue weighted by atomic mass is 15.0. The molecule has 4 heteroatoms. The van der Waals surface area contributed by atoms with Crippen LogP contribution in [0.2, 0.25) is 0 Å². The zero-order chi connectivity index (χ0) is 12.8. The van der Waals surface area contributed by atoms with Crippen LogP contribution in [0, 0.1) is 13.8 Å². The van der Waals surface area contributed by atoms with Crippen LogP contribution < -0.4 is 10.6 Å². The van der Waals surface area contributed by atoms with Gasteiger partial charge in [0.05, 0.1) is 0 Å². The maximum Gasteiger partial charge on any atom is 0.128 e. The van der Waals surface area contributed by atoms with Gasteiger partial charge in [-0.15, -0.1) is 0 Å². The standard InChI is InChI=1S/C14H18N4/c1-11-5-3-7-15-13(11)17-9-10-18-14-12(2)6-4-8-16-14/h3-8H,9-10H2,1-2H3,(H,15,17)(H,16,18). The summed E-state index contributed by atoms with van der Waals surface area (Å²) < 4.78 is 0. The smallest absolute Gasteiger partial charge is 0.128 e. The zero-order valence-electron chi connectivity index (χ0n) is 10.8. The van der Waals surface area contributed by atoms with Crippen LogP contribution in [0.3, 0.4) is 0 Å². The summed E-state index contributed by atoms with van der Waals surface area (Å²) in [6.45, 7) is 5.72. The lowest BCUT2D eigenvalue weighted by Gasteiger charge is -2.10. The second kappa shape index (κ2) is 6.00. The van der Waals surface area contributed by atoms with Crippen molar-refractivity contribution in [2.45, 2.75) is 13.8 Å². The van der Waals surface area contributed by atoms with Gasteiger partial charge in [-0.2, -0.15) is 0 Å². The van der Waals surface area contributed by atoms with E-state index in [1.165, 1.54) is 0 Å². The van der Waals surface area contributed by atoms with E-state index in [9.17, 15) is 0 Å². The third-order valence-electron chi connectivity index (χ3n) is 2.73. The Morgan fingerprint density at radius 3 is 1.67 bits per heavy atom. The van der Waals surface area contributed by atoms with Gasteiger partial charge in [-0.1, -0.05) is 12.1 Å². The molecule has 0 aliphatic carbocycles. The highest BCUT2D eigenvalue weighted by Crippen LogP contribution is 2.10. The molecule has 0 atom stereocenters. The lowest BCUT2D eigenvalue weighted by Crippen LogP contribution is -2.16. The summed E-state index contributed by atoms with van der Waals surface area (Å²) in [5, 5.41) is 6.60. The molecule has 0 radical (unpaired) electrons. The van der Waals surface area contributed by atoms with Crippen molar-refractivity contribution in [3.8, 4) is 0 Å². The molecule has 0 unspecified atom stereocenters. The number of pyridine rings is 2. The molecule has 0 aromatic carbocycles. The second-order valence-corrected chi connectivity index (χ2v) is 4.19. The molecule has 0 saturated carbocycles. The van der Waals surface area contributed by atoms with Gasteiger partial charge < -0.3 is 10.6 Å². The van der Waals surface area contributed by atoms with Gasteiger partial charge in [-0.3, -0.25) is 0 Å². The van der Waals surface area contributed by atoms with Crippen LogP contribution >= 0.6 is 0 Å². The van der Waals surface area contributed by atoms with Gasteiger partial charge in [0.25, 0.3) is 0 Å². The van der Waals surface area contributed by atoms with E-state index in [1.807, 2.05) is 38.1 Å². The minimum atomic E-state index is 0.813. The average Bonchev–Trinajstić information content (AvgIpc) is 2.38. The SMILES string of the molecule is Cc1cccnc1NCCNc1ncccc1C. The fraction of sp³-hybridized carbons (Fsp3) is 0.286. The van der Waals surface area contributed by atoms with Crippen LogP contribution in [0.1, 0.15) is 11.1 Å². The maximum absolute atomic E-state index is 4.29. The lowest BCUT2D eigenvalue weighted by atomic mass is 10.3. The zero-order valence-corrected chi connectivity index (χ0v) is 10.8. The molecule has 0 spiro atoms. The number of anilines is 2. The summed E-state index contributed by atoms with van der Waals surface area (Å²) in [6, 6.07) is 7.98. The molecule has 2 aromatic heterocycles. The van der Waals surface area contributed by atoms with Gasteiger partial charge in [-0.05, 0) is 37.1 Å². The number of rotatable bonds is 5. The minimum Gasteiger partial charge on any atom is -0.368 e. The van der Waals surface area contributed by atoms with Gasteiger partial charge in [0, 0.05) is 25.5 Å². The van der Waals surface area contributed by atoms with Crippen LogP contribution in [-0.2, 0) is 0 Å². The summed E-state index contributed by atoms with van der Waals surface area (Å²) in [7, 11) is 0. The van der Waals surface area contributed by atoms with Crippen molar-refractivity contribution in [3.63, 3.8) is 0 Å². The van der Waals surface area contributed by atoms with Gasteiger partial charge in [0.2, 0.25) is 0 Å². The molecule has 18 heavy (non-hydrogen) atoms. The van der Waals surface area contributed by atoms with Gasteiger partial charge in [0.1, 0.15) is 11.6 Å². The Morgan fingerprint density at radius 2 is 1.28 bits per heavy atom. The molecule has 0 fully saturated rings. The predicted octanol–water partition coefficient (Wildman–Crippen LogP) is 2.62. The van der Waals surface area contributed by atoms with Gasteiger partial charge >= 0.3 is 0 Å². The van der Waals surface area contributed by atoms with Crippen molar-refractivity contribution in [2.75, 3.05) is 23.7 Å². The molecular weight excluding hydrogens is 224 g/mol. The Balaban J connectivity index is 1.80. The molecule has 0 aliphatic heterocycles. The summed E-state index contributed by atoms with van der Waals surface area (Å²) in [4.78, 5) is 8.57. The number of nitrogens with zero attached hydrogens (tertiary/aromatic N) is 2. The summed E-state index contributed by atoms with van der Waals surface area (Å²) >= 11 is 0.